The summed E-state index contributed by atoms with van der Waals surface area (Å²) in [4.78, 5) is 10.4. The molecule has 0 radical (unpaired) electrons. The Labute approximate surface area is 135 Å². The minimum absolute atomic E-state index is 0.136. The Morgan fingerprint density at radius 3 is 2.82 bits per heavy atom. The van der Waals surface area contributed by atoms with E-state index in [0.29, 0.717) is 12.8 Å². The second-order valence-corrected chi connectivity index (χ2v) is 7.31. The van der Waals surface area contributed by atoms with Gasteiger partial charge in [-0.05, 0) is 25.8 Å². The van der Waals surface area contributed by atoms with Crippen LogP contribution in [0.2, 0.25) is 0 Å². The van der Waals surface area contributed by atoms with Crippen LogP contribution >= 0.6 is 11.3 Å². The van der Waals surface area contributed by atoms with Gasteiger partial charge in [0.25, 0.3) is 0 Å². The highest BCUT2D eigenvalue weighted by atomic mass is 32.1. The summed E-state index contributed by atoms with van der Waals surface area (Å²) in [6.45, 7) is 5.92. The summed E-state index contributed by atoms with van der Waals surface area (Å²) in [5, 5.41) is 20.6. The van der Waals surface area contributed by atoms with E-state index in [-0.39, 0.29) is 6.61 Å². The highest BCUT2D eigenvalue weighted by molar-refractivity contribution is 7.15. The second kappa shape index (κ2) is 7.23. The Kier molecular flexibility index (Phi) is 5.30. The number of likely N-dealkylation sites (tertiary alicyclic amines) is 1. The van der Waals surface area contributed by atoms with Gasteiger partial charge in [-0.1, -0.05) is 0 Å². The summed E-state index contributed by atoms with van der Waals surface area (Å²) in [5.74, 6) is 0. The second-order valence-electron chi connectivity index (χ2n) is 6.22. The Morgan fingerprint density at radius 1 is 1.23 bits per heavy atom. The van der Waals surface area contributed by atoms with E-state index in [1.807, 2.05) is 6.20 Å². The predicted molar refractivity (Wildman–Crippen MR) is 86.3 cm³/mol. The zero-order chi connectivity index (χ0) is 15.4. The molecular formula is C15H25N3O3S. The molecular weight excluding hydrogens is 302 g/mol. The van der Waals surface area contributed by atoms with E-state index in [1.165, 1.54) is 4.88 Å². The van der Waals surface area contributed by atoms with Crippen molar-refractivity contribution in [1.82, 2.24) is 9.88 Å². The third-order valence-corrected chi connectivity index (χ3v) is 5.55. The number of morpholine rings is 1. The van der Waals surface area contributed by atoms with Crippen molar-refractivity contribution >= 4 is 16.5 Å². The van der Waals surface area contributed by atoms with Crippen LogP contribution in [0.5, 0.6) is 0 Å². The van der Waals surface area contributed by atoms with E-state index in [1.54, 1.807) is 11.3 Å². The molecule has 1 aromatic rings. The van der Waals surface area contributed by atoms with Gasteiger partial charge < -0.3 is 19.8 Å². The van der Waals surface area contributed by atoms with Crippen LogP contribution in [0.3, 0.4) is 0 Å². The largest absolute Gasteiger partial charge is 0.393 e. The Hall–Kier alpha value is -0.730. The lowest BCUT2D eigenvalue weighted by atomic mass is 9.96. The molecule has 2 N–H and O–H groups in total. The van der Waals surface area contributed by atoms with Crippen LogP contribution in [-0.2, 0) is 11.3 Å². The van der Waals surface area contributed by atoms with Gasteiger partial charge in [0.2, 0.25) is 0 Å². The summed E-state index contributed by atoms with van der Waals surface area (Å²) in [6.07, 6.45) is 4.21. The van der Waals surface area contributed by atoms with Crippen molar-refractivity contribution in [2.75, 3.05) is 50.9 Å². The molecule has 2 aliphatic heterocycles. The lowest BCUT2D eigenvalue weighted by Gasteiger charge is -2.26. The standard InChI is InChI=1S/C15H25N3O3S/c19-12-15(20)2-1-4-17(5-3-15)11-13-10-16-14(22-13)18-6-8-21-9-7-18/h10,19-20H,1-9,11-12H2/t15-/m1/s1. The highest BCUT2D eigenvalue weighted by Crippen LogP contribution is 2.27. The van der Waals surface area contributed by atoms with Gasteiger partial charge in [0, 0.05) is 37.3 Å². The Morgan fingerprint density at radius 2 is 2.05 bits per heavy atom. The molecule has 1 aromatic heterocycles. The SMILES string of the molecule is OC[C@@]1(O)CCCN(Cc2cnc(N3CCOCC3)s2)CC1. The molecule has 0 bridgehead atoms. The molecule has 0 saturated carbocycles. The molecule has 124 valence electrons. The van der Waals surface area contributed by atoms with Gasteiger partial charge in [0.05, 0.1) is 25.4 Å². The number of rotatable bonds is 4. The quantitative estimate of drug-likeness (QED) is 0.848. The number of anilines is 1. The van der Waals surface area contributed by atoms with Crippen LogP contribution in [0.15, 0.2) is 6.20 Å². The number of nitrogens with zero attached hydrogens (tertiary/aromatic N) is 3. The van der Waals surface area contributed by atoms with Gasteiger partial charge in [-0.15, -0.1) is 11.3 Å². The zero-order valence-electron chi connectivity index (χ0n) is 12.9. The number of thiazole rings is 1. The lowest BCUT2D eigenvalue weighted by Crippen LogP contribution is -2.36. The molecule has 0 aliphatic carbocycles. The third-order valence-electron chi connectivity index (χ3n) is 4.51. The summed E-state index contributed by atoms with van der Waals surface area (Å²) in [7, 11) is 0. The monoisotopic (exact) mass is 327 g/mol. The van der Waals surface area contributed by atoms with E-state index < -0.39 is 5.60 Å². The fraction of sp³-hybridized carbons (Fsp3) is 0.800. The minimum atomic E-state index is -0.887. The highest BCUT2D eigenvalue weighted by Gasteiger charge is 2.29. The normalized spacial score (nSPS) is 27.8. The Balaban J connectivity index is 1.56. The van der Waals surface area contributed by atoms with E-state index in [4.69, 9.17) is 4.74 Å². The van der Waals surface area contributed by atoms with Crippen molar-refractivity contribution in [1.29, 1.82) is 0 Å². The molecule has 0 spiro atoms. The zero-order valence-corrected chi connectivity index (χ0v) is 13.7. The fourth-order valence-electron chi connectivity index (χ4n) is 3.04. The maximum atomic E-state index is 10.2. The molecule has 7 heteroatoms. The topological polar surface area (TPSA) is 69.1 Å². The molecule has 22 heavy (non-hydrogen) atoms. The first-order valence-electron chi connectivity index (χ1n) is 8.01. The summed E-state index contributed by atoms with van der Waals surface area (Å²) in [5.41, 5.74) is -0.887. The van der Waals surface area contributed by atoms with Gasteiger partial charge in [-0.2, -0.15) is 0 Å². The van der Waals surface area contributed by atoms with Crippen LogP contribution in [0.4, 0.5) is 5.13 Å². The molecule has 0 amide bonds. The van der Waals surface area contributed by atoms with Gasteiger partial charge in [-0.25, -0.2) is 4.98 Å². The number of ether oxygens (including phenoxy) is 1. The predicted octanol–water partition coefficient (Wildman–Crippen LogP) is 0.689. The summed E-state index contributed by atoms with van der Waals surface area (Å²) < 4.78 is 5.38. The molecule has 1 atom stereocenters. The summed E-state index contributed by atoms with van der Waals surface area (Å²) in [6, 6.07) is 0. The lowest BCUT2D eigenvalue weighted by molar-refractivity contribution is -0.0255. The van der Waals surface area contributed by atoms with Crippen LogP contribution in [0.25, 0.3) is 0 Å². The van der Waals surface area contributed by atoms with Gasteiger partial charge in [-0.3, -0.25) is 4.90 Å². The van der Waals surface area contributed by atoms with Gasteiger partial charge >= 0.3 is 0 Å². The van der Waals surface area contributed by atoms with Crippen molar-refractivity contribution in [3.05, 3.63) is 11.1 Å². The molecule has 0 unspecified atom stereocenters. The van der Waals surface area contributed by atoms with E-state index >= 15 is 0 Å². The van der Waals surface area contributed by atoms with Crippen molar-refractivity contribution in [3.63, 3.8) is 0 Å². The summed E-state index contributed by atoms with van der Waals surface area (Å²) >= 11 is 1.75. The first-order valence-corrected chi connectivity index (χ1v) is 8.83. The fourth-order valence-corrected chi connectivity index (χ4v) is 4.05. The minimum Gasteiger partial charge on any atom is -0.393 e. The number of hydrogen-bond acceptors (Lipinski definition) is 7. The van der Waals surface area contributed by atoms with Crippen LogP contribution in [-0.4, -0.2) is 71.7 Å². The molecule has 3 heterocycles. The molecule has 6 nitrogen and oxygen atoms in total. The van der Waals surface area contributed by atoms with E-state index in [9.17, 15) is 10.2 Å². The van der Waals surface area contributed by atoms with Crippen molar-refractivity contribution < 1.29 is 14.9 Å². The molecule has 2 saturated heterocycles. The van der Waals surface area contributed by atoms with Crippen molar-refractivity contribution in [2.45, 2.75) is 31.4 Å². The number of aliphatic hydroxyl groups is 2. The average molecular weight is 327 g/mol. The number of aromatic nitrogens is 1. The first-order chi connectivity index (χ1) is 10.7. The number of hydrogen-bond donors (Lipinski definition) is 2. The van der Waals surface area contributed by atoms with Crippen molar-refractivity contribution in [3.8, 4) is 0 Å². The van der Waals surface area contributed by atoms with Crippen molar-refractivity contribution in [2.24, 2.45) is 0 Å². The average Bonchev–Trinajstić information content (AvgIpc) is 2.93. The van der Waals surface area contributed by atoms with Crippen LogP contribution < -0.4 is 4.90 Å². The smallest absolute Gasteiger partial charge is 0.185 e. The molecule has 2 fully saturated rings. The van der Waals surface area contributed by atoms with Gasteiger partial charge in [0.1, 0.15) is 0 Å². The molecule has 3 rings (SSSR count). The molecule has 2 aliphatic rings. The first kappa shape index (κ1) is 16.1. The van der Waals surface area contributed by atoms with E-state index in [2.05, 4.69) is 14.8 Å². The number of aliphatic hydroxyl groups excluding tert-OH is 1. The maximum absolute atomic E-state index is 10.2. The Bertz CT molecular complexity index is 478. The molecule has 0 aromatic carbocycles. The van der Waals surface area contributed by atoms with Crippen LogP contribution in [0.1, 0.15) is 24.1 Å². The maximum Gasteiger partial charge on any atom is 0.185 e. The van der Waals surface area contributed by atoms with E-state index in [0.717, 1.165) is 57.5 Å². The van der Waals surface area contributed by atoms with Gasteiger partial charge in [0.15, 0.2) is 5.13 Å². The third kappa shape index (κ3) is 3.97. The van der Waals surface area contributed by atoms with Crippen LogP contribution in [0, 0.1) is 0 Å².